The molecule has 0 aliphatic rings. The minimum Gasteiger partial charge on any atom is -0.342 e. The Morgan fingerprint density at radius 2 is 1.88 bits per heavy atom. The van der Waals surface area contributed by atoms with Crippen LogP contribution in [0.3, 0.4) is 0 Å². The molecule has 0 saturated carbocycles. The van der Waals surface area contributed by atoms with Crippen molar-refractivity contribution in [1.29, 1.82) is 0 Å². The summed E-state index contributed by atoms with van der Waals surface area (Å²) in [5.74, 6) is 1.21. The Kier molecular flexibility index (Phi) is 6.62. The van der Waals surface area contributed by atoms with Crippen molar-refractivity contribution in [2.24, 2.45) is 7.05 Å². The first-order valence-corrected chi connectivity index (χ1v) is 13.3. The maximum atomic E-state index is 12.5. The number of hydrogen-bond donors (Lipinski definition) is 2. The van der Waals surface area contributed by atoms with Gasteiger partial charge in [0.05, 0.1) is 35.3 Å². The summed E-state index contributed by atoms with van der Waals surface area (Å²) < 4.78 is 27.8. The van der Waals surface area contributed by atoms with Crippen molar-refractivity contribution < 1.29 is 13.2 Å². The molecule has 4 rings (SSSR count). The second-order valence-corrected chi connectivity index (χ2v) is 10.8. The average molecular weight is 500 g/mol. The van der Waals surface area contributed by atoms with Gasteiger partial charge in [0.25, 0.3) is 0 Å². The standard InChI is InChI=1S/C22H25N7O3S2/c1-14-5-8-17(9-6-14)29(34(4,31)32)12-20-26-27-22(28(20)3)33-13-21(30)25-16-7-10-18-19(11-16)24-15(2)23-18/h5-11H,12-13H2,1-4H3,(H,23,24)(H,25,30). The van der Waals surface area contributed by atoms with Crippen LogP contribution in [0.25, 0.3) is 11.0 Å². The Morgan fingerprint density at radius 1 is 1.15 bits per heavy atom. The lowest BCUT2D eigenvalue weighted by atomic mass is 10.2. The molecule has 0 aliphatic heterocycles. The molecule has 10 nitrogen and oxygen atoms in total. The number of imidazole rings is 1. The van der Waals surface area contributed by atoms with Gasteiger partial charge in [0.2, 0.25) is 15.9 Å². The molecule has 2 heterocycles. The predicted molar refractivity (Wildman–Crippen MR) is 133 cm³/mol. The van der Waals surface area contributed by atoms with Crippen LogP contribution < -0.4 is 9.62 Å². The van der Waals surface area contributed by atoms with Crippen molar-refractivity contribution >= 4 is 50.1 Å². The third-order valence-corrected chi connectivity index (χ3v) is 7.31. The van der Waals surface area contributed by atoms with Gasteiger partial charge in [-0.05, 0) is 44.2 Å². The van der Waals surface area contributed by atoms with Crippen LogP contribution in [0.4, 0.5) is 11.4 Å². The summed E-state index contributed by atoms with van der Waals surface area (Å²) in [5, 5.41) is 11.7. The summed E-state index contributed by atoms with van der Waals surface area (Å²) >= 11 is 1.22. The Balaban J connectivity index is 1.42. The van der Waals surface area contributed by atoms with Crippen molar-refractivity contribution in [3.05, 3.63) is 59.7 Å². The lowest BCUT2D eigenvalue weighted by Crippen LogP contribution is -2.30. The fourth-order valence-corrected chi connectivity index (χ4v) is 4.97. The first-order valence-electron chi connectivity index (χ1n) is 10.4. The monoisotopic (exact) mass is 499 g/mol. The molecule has 2 aromatic heterocycles. The van der Waals surface area contributed by atoms with E-state index in [1.807, 2.05) is 38.1 Å². The second-order valence-electron chi connectivity index (χ2n) is 7.95. The van der Waals surface area contributed by atoms with Crippen LogP contribution in [0.15, 0.2) is 47.6 Å². The topological polar surface area (TPSA) is 126 Å². The van der Waals surface area contributed by atoms with Gasteiger partial charge in [0.15, 0.2) is 11.0 Å². The maximum Gasteiger partial charge on any atom is 0.234 e. The normalized spacial score (nSPS) is 11.6. The number of fused-ring (bicyclic) bond motifs is 1. The largest absolute Gasteiger partial charge is 0.342 e. The number of carbonyl (C=O) groups excluding carboxylic acids is 1. The zero-order chi connectivity index (χ0) is 24.5. The Hall–Kier alpha value is -3.38. The Morgan fingerprint density at radius 3 is 2.59 bits per heavy atom. The number of nitrogens with one attached hydrogen (secondary N) is 2. The molecule has 0 spiro atoms. The number of thioether (sulfide) groups is 1. The molecule has 178 valence electrons. The van der Waals surface area contributed by atoms with Crippen LogP contribution in [0.1, 0.15) is 17.2 Å². The summed E-state index contributed by atoms with van der Waals surface area (Å²) in [4.78, 5) is 20.0. The van der Waals surface area contributed by atoms with Gasteiger partial charge < -0.3 is 14.9 Å². The highest BCUT2D eigenvalue weighted by atomic mass is 32.2. The lowest BCUT2D eigenvalue weighted by molar-refractivity contribution is -0.113. The fourth-order valence-electron chi connectivity index (χ4n) is 3.39. The number of nitrogens with zero attached hydrogens (tertiary/aromatic N) is 5. The zero-order valence-electron chi connectivity index (χ0n) is 19.2. The van der Waals surface area contributed by atoms with Crippen LogP contribution in [-0.2, 0) is 28.4 Å². The number of benzene rings is 2. The van der Waals surface area contributed by atoms with E-state index in [9.17, 15) is 13.2 Å². The van der Waals surface area contributed by atoms with E-state index in [-0.39, 0.29) is 18.2 Å². The van der Waals surface area contributed by atoms with E-state index in [0.29, 0.717) is 22.4 Å². The summed E-state index contributed by atoms with van der Waals surface area (Å²) in [6.07, 6.45) is 1.16. The molecule has 0 radical (unpaired) electrons. The molecule has 34 heavy (non-hydrogen) atoms. The third kappa shape index (κ3) is 5.39. The molecule has 1 amide bonds. The number of carbonyl (C=O) groups is 1. The van der Waals surface area contributed by atoms with Gasteiger partial charge in [-0.25, -0.2) is 13.4 Å². The molecule has 0 aliphatic carbocycles. The highest BCUT2D eigenvalue weighted by Gasteiger charge is 2.21. The van der Waals surface area contributed by atoms with Gasteiger partial charge in [-0.1, -0.05) is 29.5 Å². The zero-order valence-corrected chi connectivity index (χ0v) is 20.9. The molecule has 0 bridgehead atoms. The summed E-state index contributed by atoms with van der Waals surface area (Å²) in [5.41, 5.74) is 3.94. The van der Waals surface area contributed by atoms with Crippen molar-refractivity contribution in [2.45, 2.75) is 25.5 Å². The number of amides is 1. The van der Waals surface area contributed by atoms with E-state index in [2.05, 4.69) is 25.5 Å². The fraction of sp³-hybridized carbons (Fsp3) is 0.273. The van der Waals surface area contributed by atoms with Crippen LogP contribution in [0, 0.1) is 13.8 Å². The minimum atomic E-state index is -3.54. The number of aromatic nitrogens is 5. The number of aromatic amines is 1. The van der Waals surface area contributed by atoms with E-state index in [0.717, 1.165) is 28.7 Å². The highest BCUT2D eigenvalue weighted by Crippen LogP contribution is 2.23. The van der Waals surface area contributed by atoms with Gasteiger partial charge in [0, 0.05) is 12.7 Å². The SMILES string of the molecule is Cc1ccc(N(Cc2nnc(SCC(=O)Nc3ccc4nc(C)[nH]c4c3)n2C)S(C)(=O)=O)cc1. The molecule has 12 heteroatoms. The Labute approximate surface area is 201 Å². The lowest BCUT2D eigenvalue weighted by Gasteiger charge is -2.22. The van der Waals surface area contributed by atoms with E-state index in [1.165, 1.54) is 16.1 Å². The van der Waals surface area contributed by atoms with E-state index < -0.39 is 10.0 Å². The number of rotatable bonds is 8. The van der Waals surface area contributed by atoms with Gasteiger partial charge in [-0.15, -0.1) is 10.2 Å². The summed E-state index contributed by atoms with van der Waals surface area (Å²) in [6, 6.07) is 12.7. The second kappa shape index (κ2) is 9.47. The van der Waals surface area contributed by atoms with Crippen LogP contribution in [0.2, 0.25) is 0 Å². The van der Waals surface area contributed by atoms with E-state index in [4.69, 9.17) is 0 Å². The third-order valence-electron chi connectivity index (χ3n) is 5.15. The highest BCUT2D eigenvalue weighted by molar-refractivity contribution is 7.99. The average Bonchev–Trinajstić information content (AvgIpc) is 3.31. The number of aryl methyl sites for hydroxylation is 2. The van der Waals surface area contributed by atoms with Crippen LogP contribution in [-0.4, -0.2) is 51.1 Å². The molecule has 0 fully saturated rings. The number of sulfonamides is 1. The summed E-state index contributed by atoms with van der Waals surface area (Å²) in [7, 11) is -1.79. The first-order chi connectivity index (χ1) is 16.1. The van der Waals surface area contributed by atoms with E-state index >= 15 is 0 Å². The van der Waals surface area contributed by atoms with Crippen molar-refractivity contribution in [1.82, 2.24) is 24.7 Å². The molecule has 4 aromatic rings. The van der Waals surface area contributed by atoms with Crippen molar-refractivity contribution in [3.63, 3.8) is 0 Å². The smallest absolute Gasteiger partial charge is 0.234 e. The van der Waals surface area contributed by atoms with Crippen LogP contribution in [0.5, 0.6) is 0 Å². The number of anilines is 2. The number of hydrogen-bond acceptors (Lipinski definition) is 7. The Bertz CT molecular complexity index is 1440. The molecule has 0 unspecified atom stereocenters. The molecule has 0 saturated heterocycles. The van der Waals surface area contributed by atoms with E-state index in [1.54, 1.807) is 29.8 Å². The van der Waals surface area contributed by atoms with Crippen LogP contribution >= 0.6 is 11.8 Å². The molecule has 2 aromatic carbocycles. The van der Waals surface area contributed by atoms with Gasteiger partial charge in [0.1, 0.15) is 5.82 Å². The maximum absolute atomic E-state index is 12.5. The first kappa shape index (κ1) is 23.8. The quantitative estimate of drug-likeness (QED) is 0.357. The minimum absolute atomic E-state index is 0.0295. The van der Waals surface area contributed by atoms with Crippen molar-refractivity contribution in [3.8, 4) is 0 Å². The molecular formula is C22H25N7O3S2. The van der Waals surface area contributed by atoms with Crippen molar-refractivity contribution in [2.75, 3.05) is 21.6 Å². The van der Waals surface area contributed by atoms with Gasteiger partial charge in [-0.2, -0.15) is 0 Å². The van der Waals surface area contributed by atoms with Gasteiger partial charge in [-0.3, -0.25) is 9.10 Å². The molecule has 0 atom stereocenters. The van der Waals surface area contributed by atoms with Gasteiger partial charge >= 0.3 is 0 Å². The molecular weight excluding hydrogens is 474 g/mol. The predicted octanol–water partition coefficient (Wildman–Crippen LogP) is 3.01. The number of H-pyrrole nitrogens is 1. The molecule has 2 N–H and O–H groups in total. The summed E-state index contributed by atoms with van der Waals surface area (Å²) in [6.45, 7) is 3.84.